The number of rotatable bonds is 3. The molecule has 0 aromatic carbocycles. The van der Waals surface area contributed by atoms with E-state index >= 15 is 0 Å². The molecule has 1 saturated carbocycles. The molecule has 0 N–H and O–H groups in total. The molecule has 1 aliphatic rings. The number of hydrogen-bond donors (Lipinski definition) is 0. The van der Waals surface area contributed by atoms with E-state index in [-0.39, 0.29) is 0 Å². The molecule has 64 valence electrons. The Balaban J connectivity index is 2.38. The van der Waals surface area contributed by atoms with Crippen LogP contribution in [0.2, 0.25) is 0 Å². The SMILES string of the molecule is C=CC[C@H](C)C1CCC[C@H]1C. The van der Waals surface area contributed by atoms with Crippen LogP contribution < -0.4 is 0 Å². The van der Waals surface area contributed by atoms with Gasteiger partial charge in [0.05, 0.1) is 0 Å². The first-order valence-corrected chi connectivity index (χ1v) is 4.86. The zero-order valence-electron chi connectivity index (χ0n) is 7.84. The van der Waals surface area contributed by atoms with Crippen LogP contribution >= 0.6 is 0 Å². The Hall–Kier alpha value is -0.260. The van der Waals surface area contributed by atoms with E-state index in [1.807, 2.05) is 0 Å². The van der Waals surface area contributed by atoms with Crippen molar-refractivity contribution < 1.29 is 0 Å². The van der Waals surface area contributed by atoms with Crippen LogP contribution in [0, 0.1) is 17.8 Å². The minimum absolute atomic E-state index is 0.866. The molecule has 1 unspecified atom stereocenters. The van der Waals surface area contributed by atoms with Crippen LogP contribution in [0.4, 0.5) is 0 Å². The largest absolute Gasteiger partial charge is 0.103 e. The van der Waals surface area contributed by atoms with Crippen molar-refractivity contribution in [1.82, 2.24) is 0 Å². The molecule has 0 nitrogen and oxygen atoms in total. The molecule has 1 fully saturated rings. The highest BCUT2D eigenvalue weighted by Crippen LogP contribution is 2.37. The number of allylic oxidation sites excluding steroid dienone is 1. The highest BCUT2D eigenvalue weighted by atomic mass is 14.3. The maximum absolute atomic E-state index is 3.80. The third kappa shape index (κ3) is 2.08. The Morgan fingerprint density at radius 3 is 2.73 bits per heavy atom. The summed E-state index contributed by atoms with van der Waals surface area (Å²) < 4.78 is 0. The molecule has 1 rings (SSSR count). The maximum atomic E-state index is 3.80. The summed E-state index contributed by atoms with van der Waals surface area (Å²) in [6.07, 6.45) is 7.63. The van der Waals surface area contributed by atoms with E-state index in [0.29, 0.717) is 0 Å². The third-order valence-corrected chi connectivity index (χ3v) is 3.20. The molecule has 0 heteroatoms. The molecule has 11 heavy (non-hydrogen) atoms. The van der Waals surface area contributed by atoms with E-state index in [4.69, 9.17) is 0 Å². The first-order chi connectivity index (χ1) is 5.25. The standard InChI is InChI=1S/C11H20/c1-4-6-9(2)11-8-5-7-10(11)3/h4,9-11H,1,5-8H2,2-3H3/t9-,10+,11?/m0/s1. The fraction of sp³-hybridized carbons (Fsp3) is 0.818. The zero-order chi connectivity index (χ0) is 8.27. The van der Waals surface area contributed by atoms with Gasteiger partial charge in [-0.1, -0.05) is 32.8 Å². The topological polar surface area (TPSA) is 0 Å². The van der Waals surface area contributed by atoms with Gasteiger partial charge < -0.3 is 0 Å². The van der Waals surface area contributed by atoms with Crippen molar-refractivity contribution in [2.45, 2.75) is 39.5 Å². The van der Waals surface area contributed by atoms with Crippen LogP contribution in [0.1, 0.15) is 39.5 Å². The normalized spacial score (nSPS) is 33.6. The molecule has 0 heterocycles. The molecular weight excluding hydrogens is 132 g/mol. The molecule has 0 saturated heterocycles. The van der Waals surface area contributed by atoms with Crippen molar-refractivity contribution in [3.63, 3.8) is 0 Å². The van der Waals surface area contributed by atoms with Gasteiger partial charge in [0.25, 0.3) is 0 Å². The fourth-order valence-corrected chi connectivity index (χ4v) is 2.46. The van der Waals surface area contributed by atoms with Gasteiger partial charge in [0.15, 0.2) is 0 Å². The quantitative estimate of drug-likeness (QED) is 0.542. The Morgan fingerprint density at radius 1 is 1.55 bits per heavy atom. The second-order valence-corrected chi connectivity index (χ2v) is 4.07. The number of hydrogen-bond acceptors (Lipinski definition) is 0. The Morgan fingerprint density at radius 2 is 2.27 bits per heavy atom. The van der Waals surface area contributed by atoms with Crippen LogP contribution in [-0.4, -0.2) is 0 Å². The average Bonchev–Trinajstić information content (AvgIpc) is 2.36. The molecule has 0 radical (unpaired) electrons. The van der Waals surface area contributed by atoms with Crippen LogP contribution in [0.25, 0.3) is 0 Å². The first kappa shape index (κ1) is 8.83. The smallest absolute Gasteiger partial charge is 0.0325 e. The molecule has 0 aromatic rings. The summed E-state index contributed by atoms with van der Waals surface area (Å²) in [6, 6.07) is 0. The Labute approximate surface area is 70.7 Å². The predicted octanol–water partition coefficient (Wildman–Crippen LogP) is 3.63. The maximum Gasteiger partial charge on any atom is -0.0325 e. The summed E-state index contributed by atoms with van der Waals surface area (Å²) in [5.41, 5.74) is 0. The van der Waals surface area contributed by atoms with Gasteiger partial charge in [-0.3, -0.25) is 0 Å². The van der Waals surface area contributed by atoms with Gasteiger partial charge in [-0.2, -0.15) is 0 Å². The summed E-state index contributed by atoms with van der Waals surface area (Å²) >= 11 is 0. The molecule has 1 aliphatic carbocycles. The molecule has 0 aliphatic heterocycles. The van der Waals surface area contributed by atoms with Gasteiger partial charge in [0, 0.05) is 0 Å². The lowest BCUT2D eigenvalue weighted by Crippen LogP contribution is -2.13. The van der Waals surface area contributed by atoms with Crippen molar-refractivity contribution in [1.29, 1.82) is 0 Å². The molecule has 0 bridgehead atoms. The molecule has 0 aromatic heterocycles. The highest BCUT2D eigenvalue weighted by molar-refractivity contribution is 4.82. The first-order valence-electron chi connectivity index (χ1n) is 4.86. The zero-order valence-corrected chi connectivity index (χ0v) is 7.84. The highest BCUT2D eigenvalue weighted by Gasteiger charge is 2.27. The molecule has 0 amide bonds. The van der Waals surface area contributed by atoms with E-state index in [2.05, 4.69) is 26.5 Å². The van der Waals surface area contributed by atoms with Crippen molar-refractivity contribution in [2.24, 2.45) is 17.8 Å². The van der Waals surface area contributed by atoms with E-state index in [1.165, 1.54) is 25.7 Å². The van der Waals surface area contributed by atoms with E-state index in [0.717, 1.165) is 17.8 Å². The predicted molar refractivity (Wildman–Crippen MR) is 50.5 cm³/mol. The monoisotopic (exact) mass is 152 g/mol. The summed E-state index contributed by atoms with van der Waals surface area (Å²) in [5, 5.41) is 0. The van der Waals surface area contributed by atoms with Crippen LogP contribution in [0.3, 0.4) is 0 Å². The Bertz CT molecular complexity index is 126. The Kier molecular flexibility index (Phi) is 3.16. The van der Waals surface area contributed by atoms with Crippen LogP contribution in [0.15, 0.2) is 12.7 Å². The van der Waals surface area contributed by atoms with Crippen molar-refractivity contribution >= 4 is 0 Å². The second kappa shape index (κ2) is 3.94. The van der Waals surface area contributed by atoms with Crippen LogP contribution in [0.5, 0.6) is 0 Å². The summed E-state index contributed by atoms with van der Waals surface area (Å²) in [4.78, 5) is 0. The molecule has 0 spiro atoms. The van der Waals surface area contributed by atoms with Gasteiger partial charge in [-0.05, 0) is 30.6 Å². The minimum Gasteiger partial charge on any atom is -0.103 e. The average molecular weight is 152 g/mol. The van der Waals surface area contributed by atoms with Gasteiger partial charge in [0.2, 0.25) is 0 Å². The second-order valence-electron chi connectivity index (χ2n) is 4.07. The van der Waals surface area contributed by atoms with E-state index in [1.54, 1.807) is 0 Å². The fourth-order valence-electron chi connectivity index (χ4n) is 2.46. The lowest BCUT2D eigenvalue weighted by molar-refractivity contribution is 0.296. The van der Waals surface area contributed by atoms with Crippen molar-refractivity contribution in [2.75, 3.05) is 0 Å². The van der Waals surface area contributed by atoms with Gasteiger partial charge in [0.1, 0.15) is 0 Å². The third-order valence-electron chi connectivity index (χ3n) is 3.20. The van der Waals surface area contributed by atoms with Crippen LogP contribution in [-0.2, 0) is 0 Å². The lowest BCUT2D eigenvalue weighted by Gasteiger charge is -2.21. The summed E-state index contributed by atoms with van der Waals surface area (Å²) in [5.74, 6) is 2.81. The van der Waals surface area contributed by atoms with E-state index < -0.39 is 0 Å². The summed E-state index contributed by atoms with van der Waals surface area (Å²) in [7, 11) is 0. The van der Waals surface area contributed by atoms with E-state index in [9.17, 15) is 0 Å². The molecular formula is C11H20. The van der Waals surface area contributed by atoms with Gasteiger partial charge in [-0.15, -0.1) is 6.58 Å². The van der Waals surface area contributed by atoms with Gasteiger partial charge in [-0.25, -0.2) is 0 Å². The lowest BCUT2D eigenvalue weighted by atomic mass is 9.84. The van der Waals surface area contributed by atoms with Crippen molar-refractivity contribution in [3.8, 4) is 0 Å². The molecule has 3 atom stereocenters. The minimum atomic E-state index is 0.866. The van der Waals surface area contributed by atoms with Gasteiger partial charge >= 0.3 is 0 Å². The van der Waals surface area contributed by atoms with Crippen molar-refractivity contribution in [3.05, 3.63) is 12.7 Å². The summed E-state index contributed by atoms with van der Waals surface area (Å²) in [6.45, 7) is 8.57.